The number of anilines is 1. The van der Waals surface area contributed by atoms with Crippen LogP contribution in [0.25, 0.3) is 0 Å². The Morgan fingerprint density at radius 2 is 1.76 bits per heavy atom. The van der Waals surface area contributed by atoms with Gasteiger partial charge in [0.2, 0.25) is 5.88 Å². The second-order valence-electron chi connectivity index (χ2n) is 5.69. The first-order valence-electron chi connectivity index (χ1n) is 8.05. The Kier molecular flexibility index (Phi) is 4.23. The van der Waals surface area contributed by atoms with E-state index in [1.54, 1.807) is 4.90 Å². The maximum Gasteiger partial charge on any atom is 0.271 e. The molecule has 2 aliphatic heterocycles. The van der Waals surface area contributed by atoms with Crippen LogP contribution >= 0.6 is 24.0 Å². The highest BCUT2D eigenvalue weighted by molar-refractivity contribution is 8.26. The Morgan fingerprint density at radius 1 is 1.04 bits per heavy atom. The first kappa shape index (κ1) is 16.2. The molecule has 4 nitrogen and oxygen atoms in total. The molecule has 0 bridgehead atoms. The summed E-state index contributed by atoms with van der Waals surface area (Å²) in [4.78, 5) is 17.2. The lowest BCUT2D eigenvalue weighted by molar-refractivity contribution is -0.122. The molecule has 126 valence electrons. The topological polar surface area (TPSA) is 32.8 Å². The summed E-state index contributed by atoms with van der Waals surface area (Å²) >= 11 is 6.76. The van der Waals surface area contributed by atoms with E-state index in [4.69, 9.17) is 17.0 Å². The molecular formula is C19H16N2O2S2. The zero-order valence-corrected chi connectivity index (χ0v) is 15.3. The van der Waals surface area contributed by atoms with Crippen LogP contribution < -0.4 is 9.64 Å². The molecule has 0 spiro atoms. The number of benzene rings is 2. The molecule has 25 heavy (non-hydrogen) atoms. The Morgan fingerprint density at radius 3 is 2.52 bits per heavy atom. The quantitative estimate of drug-likeness (QED) is 0.601. The van der Waals surface area contributed by atoms with E-state index in [0.29, 0.717) is 21.7 Å². The zero-order valence-electron chi connectivity index (χ0n) is 13.6. The third kappa shape index (κ3) is 2.81. The molecule has 2 heterocycles. The molecule has 0 radical (unpaired) electrons. The average molecular weight is 368 g/mol. The maximum absolute atomic E-state index is 13.0. The number of fused-ring (bicyclic) bond motifs is 1. The molecule has 2 aliphatic rings. The molecule has 0 atom stereocenters. The molecule has 1 fully saturated rings. The van der Waals surface area contributed by atoms with Crippen molar-refractivity contribution in [3.8, 4) is 5.75 Å². The van der Waals surface area contributed by atoms with Crippen molar-refractivity contribution in [3.63, 3.8) is 0 Å². The predicted molar refractivity (Wildman–Crippen MR) is 104 cm³/mol. The summed E-state index contributed by atoms with van der Waals surface area (Å²) in [6.07, 6.45) is 0. The second kappa shape index (κ2) is 6.54. The lowest BCUT2D eigenvalue weighted by Crippen LogP contribution is -2.29. The van der Waals surface area contributed by atoms with Crippen LogP contribution in [0.15, 0.2) is 65.4 Å². The number of para-hydroxylation sites is 2. The molecule has 2 aromatic rings. The molecule has 1 amide bonds. The highest BCUT2D eigenvalue weighted by Gasteiger charge is 2.39. The minimum atomic E-state index is -0.0971. The Balaban J connectivity index is 1.67. The van der Waals surface area contributed by atoms with Gasteiger partial charge in [0.15, 0.2) is 5.75 Å². The van der Waals surface area contributed by atoms with Gasteiger partial charge in [-0.2, -0.15) is 0 Å². The van der Waals surface area contributed by atoms with Crippen molar-refractivity contribution in [1.82, 2.24) is 4.90 Å². The fraction of sp³-hybridized carbons (Fsp3) is 0.158. The number of thiocarbonyl (C=S) groups is 1. The summed E-state index contributed by atoms with van der Waals surface area (Å²) in [5, 5.41) is 0. The van der Waals surface area contributed by atoms with Crippen molar-refractivity contribution < 1.29 is 9.53 Å². The summed E-state index contributed by atoms with van der Waals surface area (Å²) in [7, 11) is 0. The van der Waals surface area contributed by atoms with Crippen LogP contribution in [0.2, 0.25) is 0 Å². The maximum atomic E-state index is 13.0. The minimum Gasteiger partial charge on any atom is -0.437 e. The number of nitrogens with zero attached hydrogens (tertiary/aromatic N) is 2. The standard InChI is InChI=1S/C19H16N2O2S2/c1-2-20-14-10-6-7-11-15(14)23-18(20)16-17(22)21(19(24)25-16)12-13-8-4-3-5-9-13/h3-11H,2,12H2,1H3/b18-16+. The van der Waals surface area contributed by atoms with Crippen molar-refractivity contribution >= 4 is 39.9 Å². The van der Waals surface area contributed by atoms with Gasteiger partial charge in [-0.3, -0.25) is 9.69 Å². The molecule has 0 aromatic heterocycles. The summed E-state index contributed by atoms with van der Waals surface area (Å²) < 4.78 is 6.55. The highest BCUT2D eigenvalue weighted by atomic mass is 32.2. The third-order valence-electron chi connectivity index (χ3n) is 4.15. The number of ether oxygens (including phenoxy) is 1. The average Bonchev–Trinajstić information content (AvgIpc) is 3.14. The van der Waals surface area contributed by atoms with E-state index in [9.17, 15) is 4.79 Å². The van der Waals surface area contributed by atoms with E-state index in [1.165, 1.54) is 11.8 Å². The van der Waals surface area contributed by atoms with E-state index in [-0.39, 0.29) is 5.91 Å². The van der Waals surface area contributed by atoms with E-state index < -0.39 is 0 Å². The number of amides is 1. The number of thioether (sulfide) groups is 1. The molecule has 6 heteroatoms. The van der Waals surface area contributed by atoms with Crippen LogP contribution in [-0.2, 0) is 11.3 Å². The van der Waals surface area contributed by atoms with Gasteiger partial charge in [0.25, 0.3) is 5.91 Å². The molecule has 4 rings (SSSR count). The zero-order chi connectivity index (χ0) is 17.4. The van der Waals surface area contributed by atoms with Gasteiger partial charge in [-0.05, 0) is 36.4 Å². The first-order chi connectivity index (χ1) is 12.2. The van der Waals surface area contributed by atoms with Crippen molar-refractivity contribution in [1.29, 1.82) is 0 Å². The van der Waals surface area contributed by atoms with E-state index >= 15 is 0 Å². The summed E-state index contributed by atoms with van der Waals surface area (Å²) in [5.74, 6) is 1.25. The van der Waals surface area contributed by atoms with Gasteiger partial charge < -0.3 is 9.64 Å². The molecule has 2 aromatic carbocycles. The van der Waals surface area contributed by atoms with Gasteiger partial charge in [0.05, 0.1) is 12.2 Å². The van der Waals surface area contributed by atoms with Crippen LogP contribution in [0.5, 0.6) is 5.75 Å². The number of hydrogen-bond donors (Lipinski definition) is 0. The van der Waals surface area contributed by atoms with Crippen molar-refractivity contribution in [2.45, 2.75) is 13.5 Å². The van der Waals surface area contributed by atoms with Crippen molar-refractivity contribution in [2.24, 2.45) is 0 Å². The lowest BCUT2D eigenvalue weighted by Gasteiger charge is -2.17. The third-order valence-corrected chi connectivity index (χ3v) is 5.57. The first-order valence-corrected chi connectivity index (χ1v) is 9.28. The summed E-state index contributed by atoms with van der Waals surface area (Å²) in [6.45, 7) is 3.23. The van der Waals surface area contributed by atoms with Crippen molar-refractivity contribution in [3.05, 3.63) is 70.9 Å². The number of hydrogen-bond acceptors (Lipinski definition) is 5. The van der Waals surface area contributed by atoms with E-state index in [2.05, 4.69) is 0 Å². The van der Waals surface area contributed by atoms with Crippen LogP contribution in [-0.4, -0.2) is 21.7 Å². The highest BCUT2D eigenvalue weighted by Crippen LogP contribution is 2.44. The fourth-order valence-electron chi connectivity index (χ4n) is 2.95. The SMILES string of the molecule is CCN1/C(=C2\SC(=S)N(Cc3ccccc3)C2=O)Oc2ccccc21. The molecule has 0 saturated carbocycles. The number of rotatable bonds is 3. The van der Waals surface area contributed by atoms with Gasteiger partial charge in [-0.1, -0.05) is 54.7 Å². The van der Waals surface area contributed by atoms with E-state index in [1.807, 2.05) is 66.4 Å². The van der Waals surface area contributed by atoms with Gasteiger partial charge in [-0.15, -0.1) is 0 Å². The fourth-order valence-corrected chi connectivity index (χ4v) is 4.21. The van der Waals surface area contributed by atoms with Crippen molar-refractivity contribution in [2.75, 3.05) is 11.4 Å². The number of carbonyl (C=O) groups excluding carboxylic acids is 1. The normalized spacial score (nSPS) is 19.4. The molecule has 0 unspecified atom stereocenters. The number of carbonyl (C=O) groups is 1. The molecule has 1 saturated heterocycles. The van der Waals surface area contributed by atoms with Gasteiger partial charge in [0.1, 0.15) is 9.23 Å². The van der Waals surface area contributed by atoms with Crippen LogP contribution in [0.3, 0.4) is 0 Å². The van der Waals surface area contributed by atoms with Gasteiger partial charge in [-0.25, -0.2) is 0 Å². The van der Waals surface area contributed by atoms with Gasteiger partial charge >= 0.3 is 0 Å². The largest absolute Gasteiger partial charge is 0.437 e. The van der Waals surface area contributed by atoms with E-state index in [0.717, 1.165) is 23.5 Å². The molecule has 0 N–H and O–H groups in total. The van der Waals surface area contributed by atoms with Crippen LogP contribution in [0, 0.1) is 0 Å². The monoisotopic (exact) mass is 368 g/mol. The molecular weight excluding hydrogens is 352 g/mol. The Bertz CT molecular complexity index is 880. The van der Waals surface area contributed by atoms with Crippen LogP contribution in [0.1, 0.15) is 12.5 Å². The summed E-state index contributed by atoms with van der Waals surface area (Å²) in [5.41, 5.74) is 2.03. The second-order valence-corrected chi connectivity index (χ2v) is 7.34. The molecule has 0 aliphatic carbocycles. The predicted octanol–water partition coefficient (Wildman–Crippen LogP) is 4.13. The smallest absolute Gasteiger partial charge is 0.271 e. The lowest BCUT2D eigenvalue weighted by atomic mass is 10.2. The Labute approximate surface area is 156 Å². The summed E-state index contributed by atoms with van der Waals surface area (Å²) in [6, 6.07) is 17.7. The Hall–Kier alpha value is -2.31. The van der Waals surface area contributed by atoms with Crippen LogP contribution in [0.4, 0.5) is 5.69 Å². The minimum absolute atomic E-state index is 0.0971. The van der Waals surface area contributed by atoms with Gasteiger partial charge in [0, 0.05) is 6.54 Å².